The third-order valence-corrected chi connectivity index (χ3v) is 10.8. The Labute approximate surface area is 270 Å². The number of aromatic nitrogens is 3. The summed E-state index contributed by atoms with van der Waals surface area (Å²) < 4.78 is 8.89. The summed E-state index contributed by atoms with van der Waals surface area (Å²) in [5.74, 6) is 3.43. The molecule has 1 aliphatic heterocycles. The predicted molar refractivity (Wildman–Crippen MR) is 187 cm³/mol. The van der Waals surface area contributed by atoms with Crippen LogP contribution in [0.25, 0.3) is 27.6 Å². The third kappa shape index (κ3) is 4.30. The first-order valence-electron chi connectivity index (χ1n) is 16.6. The van der Waals surface area contributed by atoms with Crippen molar-refractivity contribution in [3.63, 3.8) is 0 Å². The summed E-state index contributed by atoms with van der Waals surface area (Å²) >= 11 is 0. The largest absolute Gasteiger partial charge is 0.457 e. The van der Waals surface area contributed by atoms with Crippen LogP contribution in [0.5, 0.6) is 11.5 Å². The Morgan fingerprint density at radius 2 is 1.61 bits per heavy atom. The van der Waals surface area contributed by atoms with Gasteiger partial charge in [-0.25, -0.2) is 4.98 Å². The zero-order chi connectivity index (χ0) is 31.0. The lowest BCUT2D eigenvalue weighted by Crippen LogP contribution is -2.46. The number of pyridine rings is 2. The van der Waals surface area contributed by atoms with E-state index in [1.165, 1.54) is 59.8 Å². The first kappa shape index (κ1) is 27.5. The maximum atomic E-state index is 6.63. The Morgan fingerprint density at radius 1 is 0.783 bits per heavy atom. The highest BCUT2D eigenvalue weighted by atomic mass is 16.5. The van der Waals surface area contributed by atoms with E-state index < -0.39 is 0 Å². The van der Waals surface area contributed by atoms with Crippen molar-refractivity contribution in [2.75, 3.05) is 16.5 Å². The number of hydrogen-bond donors (Lipinski definition) is 0. The quantitative estimate of drug-likeness (QED) is 0.196. The van der Waals surface area contributed by atoms with Crippen LogP contribution in [-0.4, -0.2) is 26.7 Å². The number of hydrogen-bond acceptors (Lipinski definition) is 5. The molecule has 3 aromatic carbocycles. The molecule has 3 aliphatic rings. The SMILES string of the molecule is CC(C)(C)c1ccnc(-n2c3ccccc3c3ccc(Oc4cccc(N5CN(C67CCC(CC6)C7)c6cnccc65)c4)cc32)c1. The second kappa shape index (κ2) is 10.1. The van der Waals surface area contributed by atoms with Crippen LogP contribution in [-0.2, 0) is 5.41 Å². The lowest BCUT2D eigenvalue weighted by Gasteiger charge is -2.39. The van der Waals surface area contributed by atoms with Crippen molar-refractivity contribution in [1.82, 2.24) is 14.5 Å². The molecule has 0 spiro atoms. The van der Waals surface area contributed by atoms with Crippen molar-refractivity contribution in [2.24, 2.45) is 5.92 Å². The highest BCUT2D eigenvalue weighted by Gasteiger charge is 2.51. The van der Waals surface area contributed by atoms with Crippen molar-refractivity contribution in [3.05, 3.63) is 109 Å². The lowest BCUT2D eigenvalue weighted by molar-refractivity contribution is 0.390. The van der Waals surface area contributed by atoms with Gasteiger partial charge >= 0.3 is 0 Å². The minimum Gasteiger partial charge on any atom is -0.457 e. The van der Waals surface area contributed by atoms with E-state index in [9.17, 15) is 0 Å². The van der Waals surface area contributed by atoms with Gasteiger partial charge in [0.05, 0.1) is 35.3 Å². The fourth-order valence-corrected chi connectivity index (χ4v) is 8.39. The summed E-state index contributed by atoms with van der Waals surface area (Å²) in [6, 6.07) is 30.0. The topological polar surface area (TPSA) is 46.4 Å². The van der Waals surface area contributed by atoms with Crippen LogP contribution in [0, 0.1) is 5.92 Å². The van der Waals surface area contributed by atoms with Gasteiger partial charge in [-0.3, -0.25) is 9.55 Å². The summed E-state index contributed by atoms with van der Waals surface area (Å²) in [4.78, 5) is 14.5. The van der Waals surface area contributed by atoms with E-state index in [2.05, 4.69) is 131 Å². The predicted octanol–water partition coefficient (Wildman–Crippen LogP) is 9.91. The monoisotopic (exact) mass is 605 g/mol. The van der Waals surface area contributed by atoms with Gasteiger partial charge in [-0.1, -0.05) is 45.0 Å². The Hall–Kier alpha value is -4.84. The molecule has 0 radical (unpaired) electrons. The van der Waals surface area contributed by atoms with E-state index in [-0.39, 0.29) is 11.0 Å². The first-order valence-corrected chi connectivity index (χ1v) is 16.6. The number of fused-ring (bicyclic) bond motifs is 6. The summed E-state index contributed by atoms with van der Waals surface area (Å²) in [5, 5.41) is 2.39. The number of rotatable bonds is 5. The molecule has 6 nitrogen and oxygen atoms in total. The molecule has 230 valence electrons. The molecule has 4 heterocycles. The van der Waals surface area contributed by atoms with Crippen molar-refractivity contribution >= 4 is 38.9 Å². The number of benzene rings is 3. The van der Waals surface area contributed by atoms with Crippen LogP contribution >= 0.6 is 0 Å². The number of ether oxygens (including phenoxy) is 1. The number of para-hydroxylation sites is 1. The second-order valence-corrected chi connectivity index (χ2v) is 14.5. The Balaban J connectivity index is 1.08. The van der Waals surface area contributed by atoms with Gasteiger partial charge in [-0.2, -0.15) is 0 Å². The maximum Gasteiger partial charge on any atom is 0.137 e. The molecule has 2 aliphatic carbocycles. The average molecular weight is 606 g/mol. The lowest BCUT2D eigenvalue weighted by atomic mass is 9.88. The smallest absolute Gasteiger partial charge is 0.137 e. The molecule has 0 N–H and O–H groups in total. The van der Waals surface area contributed by atoms with Gasteiger partial charge < -0.3 is 14.5 Å². The fraction of sp³-hybridized carbons (Fsp3) is 0.300. The first-order chi connectivity index (χ1) is 22.4. The minimum atomic E-state index is 0.0232. The molecule has 0 unspecified atom stereocenters. The standard InChI is InChI=1S/C40H39N5O/c1-39(2,3)28-15-20-42-38(21-28)45-34-10-5-4-9-32(34)33-12-11-31(23-36(33)45)46-30-8-6-7-29(22-30)43-26-44(37-25-41-19-16-35(37)43)40-17-13-27(24-40)14-18-40/h4-12,15-16,19-23,25,27H,13-14,17-18,24,26H2,1-3H3. The third-order valence-electron chi connectivity index (χ3n) is 10.8. The van der Waals surface area contributed by atoms with Gasteiger partial charge in [0.1, 0.15) is 17.3 Å². The van der Waals surface area contributed by atoms with E-state index in [4.69, 9.17) is 9.72 Å². The van der Waals surface area contributed by atoms with Crippen LogP contribution in [0.2, 0.25) is 0 Å². The molecule has 0 saturated heterocycles. The molecule has 3 aromatic heterocycles. The molecular weight excluding hydrogens is 566 g/mol. The average Bonchev–Trinajstić information content (AvgIpc) is 3.85. The van der Waals surface area contributed by atoms with E-state index in [1.54, 1.807) is 0 Å². The molecule has 46 heavy (non-hydrogen) atoms. The summed E-state index contributed by atoms with van der Waals surface area (Å²) in [5.41, 5.74) is 7.40. The maximum absolute atomic E-state index is 6.63. The van der Waals surface area contributed by atoms with Crippen molar-refractivity contribution < 1.29 is 4.74 Å². The van der Waals surface area contributed by atoms with E-state index in [0.29, 0.717) is 0 Å². The summed E-state index contributed by atoms with van der Waals surface area (Å²) in [6.07, 6.45) is 12.5. The van der Waals surface area contributed by atoms with Crippen LogP contribution in [0.15, 0.2) is 104 Å². The van der Waals surface area contributed by atoms with Crippen LogP contribution in [0.3, 0.4) is 0 Å². The molecule has 6 heteroatoms. The van der Waals surface area contributed by atoms with E-state index >= 15 is 0 Å². The van der Waals surface area contributed by atoms with Gasteiger partial charge in [0, 0.05) is 46.5 Å². The minimum absolute atomic E-state index is 0.0232. The number of nitrogens with zero attached hydrogens (tertiary/aromatic N) is 5. The van der Waals surface area contributed by atoms with Crippen molar-refractivity contribution in [2.45, 2.75) is 63.8 Å². The number of anilines is 3. The highest BCUT2D eigenvalue weighted by Crippen LogP contribution is 2.55. The van der Waals surface area contributed by atoms with Gasteiger partial charge in [0.2, 0.25) is 0 Å². The summed E-state index contributed by atoms with van der Waals surface area (Å²) in [6.45, 7) is 7.58. The van der Waals surface area contributed by atoms with Crippen LogP contribution in [0.1, 0.15) is 58.4 Å². The van der Waals surface area contributed by atoms with Crippen molar-refractivity contribution in [3.8, 4) is 17.3 Å². The van der Waals surface area contributed by atoms with E-state index in [0.717, 1.165) is 46.6 Å². The van der Waals surface area contributed by atoms with E-state index in [1.807, 2.05) is 12.4 Å². The molecule has 9 rings (SSSR count). The molecule has 0 amide bonds. The zero-order valence-electron chi connectivity index (χ0n) is 26.8. The Kier molecular flexibility index (Phi) is 6.02. The zero-order valence-corrected chi connectivity index (χ0v) is 26.8. The van der Waals surface area contributed by atoms with Crippen LogP contribution in [0.4, 0.5) is 17.1 Å². The molecule has 6 aromatic rings. The van der Waals surface area contributed by atoms with Crippen molar-refractivity contribution in [1.29, 1.82) is 0 Å². The highest BCUT2D eigenvalue weighted by molar-refractivity contribution is 6.09. The molecule has 2 saturated carbocycles. The molecule has 0 atom stereocenters. The molecule has 2 fully saturated rings. The van der Waals surface area contributed by atoms with Gasteiger partial charge in [-0.05, 0) is 97.5 Å². The van der Waals surface area contributed by atoms with Gasteiger partial charge in [0.25, 0.3) is 0 Å². The summed E-state index contributed by atoms with van der Waals surface area (Å²) in [7, 11) is 0. The van der Waals surface area contributed by atoms with Gasteiger partial charge in [0.15, 0.2) is 0 Å². The molecular formula is C40H39N5O. The normalized spacial score (nSPS) is 20.6. The Bertz CT molecular complexity index is 2120. The second-order valence-electron chi connectivity index (χ2n) is 14.5. The molecule has 2 bridgehead atoms. The van der Waals surface area contributed by atoms with Crippen LogP contribution < -0.4 is 14.5 Å². The Morgan fingerprint density at radius 3 is 2.43 bits per heavy atom. The van der Waals surface area contributed by atoms with Gasteiger partial charge in [-0.15, -0.1) is 0 Å². The fourth-order valence-electron chi connectivity index (χ4n) is 8.39.